The summed E-state index contributed by atoms with van der Waals surface area (Å²) in [5.41, 5.74) is 10.4. The van der Waals surface area contributed by atoms with Crippen molar-refractivity contribution in [2.24, 2.45) is 22.4 Å². The monoisotopic (exact) mass is 309 g/mol. The molecule has 9 heteroatoms. The molecule has 0 spiro atoms. The van der Waals surface area contributed by atoms with Crippen LogP contribution in [0.15, 0.2) is 4.99 Å². The van der Waals surface area contributed by atoms with E-state index in [9.17, 15) is 18.7 Å². The number of aliphatic hydroxyl groups is 1. The number of carbonyl (C=O) groups is 1. The minimum absolute atomic E-state index is 0.150. The van der Waals surface area contributed by atoms with E-state index in [0.717, 1.165) is 0 Å². The molecular weight excluding hydrogens is 288 g/mol. The molecule has 1 aliphatic rings. The van der Waals surface area contributed by atoms with Crippen LogP contribution in [0.3, 0.4) is 0 Å². The highest BCUT2D eigenvalue weighted by Gasteiger charge is 2.61. The zero-order valence-corrected chi connectivity index (χ0v) is 12.1. The molecule has 122 valence electrons. The lowest BCUT2D eigenvalue weighted by Gasteiger charge is -2.44. The van der Waals surface area contributed by atoms with E-state index in [1.54, 1.807) is 0 Å². The van der Waals surface area contributed by atoms with E-state index in [2.05, 4.69) is 9.73 Å². The minimum Gasteiger partial charge on any atom is -0.462 e. The Morgan fingerprint density at radius 3 is 2.57 bits per heavy atom. The highest BCUT2D eigenvalue weighted by Crippen LogP contribution is 2.40. The number of aliphatic hydroxyl groups excluding tert-OH is 1. The topological polar surface area (TPSA) is 120 Å². The number of nitrogens with zero attached hydrogens (tertiary/aromatic N) is 1. The van der Waals surface area contributed by atoms with Crippen molar-refractivity contribution in [1.29, 1.82) is 0 Å². The van der Waals surface area contributed by atoms with Crippen LogP contribution >= 0.6 is 0 Å². The number of hydrogen-bond donors (Lipinski definition) is 3. The third kappa shape index (κ3) is 3.41. The fourth-order valence-electron chi connectivity index (χ4n) is 2.33. The Labute approximate surface area is 121 Å². The predicted octanol–water partition coefficient (Wildman–Crippen LogP) is -0.389. The van der Waals surface area contributed by atoms with E-state index in [0.29, 0.717) is 0 Å². The fraction of sp³-hybridized carbons (Fsp3) is 0.833. The summed E-state index contributed by atoms with van der Waals surface area (Å²) in [5.74, 6) is -6.08. The number of esters is 1. The lowest BCUT2D eigenvalue weighted by molar-refractivity contribution is -0.276. The molecule has 1 fully saturated rings. The summed E-state index contributed by atoms with van der Waals surface area (Å²) in [6.45, 7) is 4.12. The maximum absolute atomic E-state index is 14.7. The van der Waals surface area contributed by atoms with Crippen molar-refractivity contribution < 1.29 is 28.2 Å². The van der Waals surface area contributed by atoms with Crippen LogP contribution in [0.25, 0.3) is 0 Å². The third-order valence-corrected chi connectivity index (χ3v) is 3.35. The second-order valence-electron chi connectivity index (χ2n) is 4.99. The van der Waals surface area contributed by atoms with Gasteiger partial charge in [0, 0.05) is 5.92 Å². The first-order chi connectivity index (χ1) is 9.65. The van der Waals surface area contributed by atoms with Crippen LogP contribution in [0.5, 0.6) is 0 Å². The van der Waals surface area contributed by atoms with Gasteiger partial charge < -0.3 is 26.0 Å². The van der Waals surface area contributed by atoms with Gasteiger partial charge in [0.1, 0.15) is 0 Å². The Kier molecular flexibility index (Phi) is 5.46. The Hall–Kier alpha value is -1.48. The average Bonchev–Trinajstić information content (AvgIpc) is 2.38. The smallest absolute Gasteiger partial charge is 0.375 e. The van der Waals surface area contributed by atoms with Crippen LogP contribution in [-0.4, -0.2) is 53.9 Å². The van der Waals surface area contributed by atoms with Crippen LogP contribution in [0.1, 0.15) is 20.8 Å². The van der Waals surface area contributed by atoms with Crippen molar-refractivity contribution in [2.75, 3.05) is 6.61 Å². The van der Waals surface area contributed by atoms with Crippen molar-refractivity contribution in [3.05, 3.63) is 0 Å². The Bertz CT molecular complexity index is 417. The van der Waals surface area contributed by atoms with Crippen molar-refractivity contribution in [3.8, 4) is 0 Å². The SMILES string of the molecule is CCOC(=O)C1(F)OC(C(C)O)C(C)C(N=C(N)N)C1F. The summed E-state index contributed by atoms with van der Waals surface area (Å²) >= 11 is 0. The van der Waals surface area contributed by atoms with Gasteiger partial charge >= 0.3 is 11.8 Å². The van der Waals surface area contributed by atoms with Crippen molar-refractivity contribution >= 4 is 11.9 Å². The number of nitrogens with two attached hydrogens (primary N) is 2. The summed E-state index contributed by atoms with van der Waals surface area (Å²) in [6, 6.07) is -1.38. The summed E-state index contributed by atoms with van der Waals surface area (Å²) in [4.78, 5) is 15.3. The van der Waals surface area contributed by atoms with Gasteiger partial charge in [0.05, 0.1) is 24.9 Å². The van der Waals surface area contributed by atoms with Gasteiger partial charge in [-0.05, 0) is 13.8 Å². The summed E-state index contributed by atoms with van der Waals surface area (Å²) in [7, 11) is 0. The summed E-state index contributed by atoms with van der Waals surface area (Å²) in [6.07, 6.45) is -4.78. The molecule has 0 amide bonds. The molecule has 1 heterocycles. The number of carbonyl (C=O) groups excluding carboxylic acids is 1. The number of guanidine groups is 1. The number of aliphatic imine (C=N–C) groups is 1. The molecule has 0 radical (unpaired) electrons. The molecule has 1 rings (SSSR count). The van der Waals surface area contributed by atoms with E-state index < -0.39 is 48.1 Å². The standard InChI is InChI=1S/C12H21F2N3O4/c1-4-20-10(19)12(14)9(13)7(17-11(15)16)5(2)8(21-12)6(3)18/h5-9,18H,4H2,1-3H3,(H4,15,16,17). The molecular formula is C12H21F2N3O4. The quantitative estimate of drug-likeness (QED) is 0.369. The third-order valence-electron chi connectivity index (χ3n) is 3.35. The first kappa shape index (κ1) is 17.6. The highest BCUT2D eigenvalue weighted by molar-refractivity contribution is 5.79. The normalized spacial score (nSPS) is 37.6. The highest BCUT2D eigenvalue weighted by atomic mass is 19.2. The molecule has 5 N–H and O–H groups in total. The maximum atomic E-state index is 14.7. The van der Waals surface area contributed by atoms with Gasteiger partial charge in [-0.25, -0.2) is 14.2 Å². The lowest BCUT2D eigenvalue weighted by Crippen LogP contribution is -2.63. The number of ether oxygens (including phenoxy) is 2. The van der Waals surface area contributed by atoms with Gasteiger partial charge in [-0.2, -0.15) is 4.39 Å². The molecule has 0 aromatic rings. The molecule has 0 aromatic carbocycles. The first-order valence-electron chi connectivity index (χ1n) is 6.60. The van der Waals surface area contributed by atoms with E-state index in [1.807, 2.05) is 0 Å². The van der Waals surface area contributed by atoms with Gasteiger partial charge in [0.2, 0.25) is 0 Å². The second-order valence-corrected chi connectivity index (χ2v) is 4.99. The number of rotatable bonds is 4. The molecule has 1 saturated heterocycles. The van der Waals surface area contributed by atoms with Crippen molar-refractivity contribution in [3.63, 3.8) is 0 Å². The van der Waals surface area contributed by atoms with E-state index in [4.69, 9.17) is 16.2 Å². The molecule has 6 atom stereocenters. The molecule has 1 aliphatic heterocycles. The van der Waals surface area contributed by atoms with Gasteiger partial charge in [0.15, 0.2) is 12.1 Å². The van der Waals surface area contributed by atoms with E-state index in [1.165, 1.54) is 20.8 Å². The van der Waals surface area contributed by atoms with Gasteiger partial charge in [-0.15, -0.1) is 0 Å². The molecule has 0 aromatic heterocycles. The molecule has 0 bridgehead atoms. The Morgan fingerprint density at radius 1 is 1.57 bits per heavy atom. The van der Waals surface area contributed by atoms with Gasteiger partial charge in [0.25, 0.3) is 0 Å². The number of halogens is 2. The molecule has 7 nitrogen and oxygen atoms in total. The lowest BCUT2D eigenvalue weighted by atomic mass is 9.84. The first-order valence-corrected chi connectivity index (χ1v) is 6.60. The van der Waals surface area contributed by atoms with Crippen LogP contribution < -0.4 is 11.5 Å². The number of hydrogen-bond acceptors (Lipinski definition) is 5. The summed E-state index contributed by atoms with van der Waals surface area (Å²) in [5, 5.41) is 9.65. The van der Waals surface area contributed by atoms with E-state index in [-0.39, 0.29) is 6.61 Å². The van der Waals surface area contributed by atoms with Gasteiger partial charge in [-0.1, -0.05) is 6.92 Å². The molecule has 21 heavy (non-hydrogen) atoms. The van der Waals surface area contributed by atoms with Crippen LogP contribution in [0.4, 0.5) is 8.78 Å². The average molecular weight is 309 g/mol. The maximum Gasteiger partial charge on any atom is 0.375 e. The van der Waals surface area contributed by atoms with Crippen LogP contribution in [-0.2, 0) is 14.3 Å². The van der Waals surface area contributed by atoms with Gasteiger partial charge in [-0.3, -0.25) is 0 Å². The van der Waals surface area contributed by atoms with E-state index >= 15 is 0 Å². The zero-order chi connectivity index (χ0) is 16.4. The molecule has 6 unspecified atom stereocenters. The fourth-order valence-corrected chi connectivity index (χ4v) is 2.33. The van der Waals surface area contributed by atoms with Crippen molar-refractivity contribution in [1.82, 2.24) is 0 Å². The predicted molar refractivity (Wildman–Crippen MR) is 70.7 cm³/mol. The second kappa shape index (κ2) is 6.52. The summed E-state index contributed by atoms with van der Waals surface area (Å²) < 4.78 is 38.5. The van der Waals surface area contributed by atoms with Crippen LogP contribution in [0, 0.1) is 5.92 Å². The number of alkyl halides is 2. The minimum atomic E-state index is -3.37. The van der Waals surface area contributed by atoms with Crippen molar-refractivity contribution in [2.45, 2.75) is 51.0 Å². The molecule has 0 saturated carbocycles. The zero-order valence-electron chi connectivity index (χ0n) is 12.1. The Balaban J connectivity index is 3.21. The molecule has 0 aliphatic carbocycles. The largest absolute Gasteiger partial charge is 0.462 e. The Morgan fingerprint density at radius 2 is 2.14 bits per heavy atom. The van der Waals surface area contributed by atoms with Crippen LogP contribution in [0.2, 0.25) is 0 Å².